The Bertz CT molecular complexity index is 631. The fraction of sp³-hybridized carbons (Fsp3) is 0.0667. The summed E-state index contributed by atoms with van der Waals surface area (Å²) in [5.41, 5.74) is 0.808. The van der Waals surface area contributed by atoms with Crippen LogP contribution in [0.4, 0.5) is 10.1 Å². The normalized spacial score (nSPS) is 9.90. The molecule has 2 aromatic rings. The highest BCUT2D eigenvalue weighted by molar-refractivity contribution is 7.80. The van der Waals surface area contributed by atoms with Crippen LogP contribution in [0.3, 0.4) is 0 Å². The standard InChI is InChI=1S/C15H13FN2OS/c1-18(11-7-3-2-4-8-11)15(20)17-14(19)12-9-5-6-10-13(12)16/h2-10H,1H3,(H,17,19,20). The van der Waals surface area contributed by atoms with Crippen LogP contribution in [0, 0.1) is 5.82 Å². The first-order valence-corrected chi connectivity index (χ1v) is 6.39. The van der Waals surface area contributed by atoms with Crippen LogP contribution < -0.4 is 10.2 Å². The van der Waals surface area contributed by atoms with E-state index in [1.165, 1.54) is 18.2 Å². The minimum absolute atomic E-state index is 0.0312. The fourth-order valence-corrected chi connectivity index (χ4v) is 1.86. The number of nitrogens with zero attached hydrogens (tertiary/aromatic N) is 1. The first kappa shape index (κ1) is 14.1. The largest absolute Gasteiger partial charge is 0.322 e. The van der Waals surface area contributed by atoms with E-state index in [2.05, 4.69) is 5.32 Å². The van der Waals surface area contributed by atoms with Crippen LogP contribution in [-0.2, 0) is 0 Å². The molecule has 0 aliphatic heterocycles. The molecule has 20 heavy (non-hydrogen) atoms. The number of para-hydroxylation sites is 1. The molecule has 5 heteroatoms. The number of amides is 1. The number of halogens is 1. The zero-order valence-corrected chi connectivity index (χ0v) is 11.7. The Labute approximate surface area is 122 Å². The maximum absolute atomic E-state index is 13.5. The number of rotatable bonds is 2. The second-order valence-electron chi connectivity index (χ2n) is 4.13. The van der Waals surface area contributed by atoms with Crippen LogP contribution in [0.1, 0.15) is 10.4 Å². The Morgan fingerprint density at radius 3 is 2.35 bits per heavy atom. The van der Waals surface area contributed by atoms with E-state index >= 15 is 0 Å². The SMILES string of the molecule is CN(C(=S)NC(=O)c1ccccc1F)c1ccccc1. The van der Waals surface area contributed by atoms with Gasteiger partial charge in [0.25, 0.3) is 5.91 Å². The minimum Gasteiger partial charge on any atom is -0.322 e. The van der Waals surface area contributed by atoms with E-state index in [0.29, 0.717) is 0 Å². The van der Waals surface area contributed by atoms with Crippen molar-refractivity contribution in [3.63, 3.8) is 0 Å². The van der Waals surface area contributed by atoms with Crippen LogP contribution in [0.5, 0.6) is 0 Å². The van der Waals surface area contributed by atoms with Crippen LogP contribution in [0.15, 0.2) is 54.6 Å². The quantitative estimate of drug-likeness (QED) is 0.862. The number of nitrogens with one attached hydrogen (secondary N) is 1. The molecular weight excluding hydrogens is 275 g/mol. The topological polar surface area (TPSA) is 32.3 Å². The van der Waals surface area contributed by atoms with Crippen molar-refractivity contribution in [2.45, 2.75) is 0 Å². The lowest BCUT2D eigenvalue weighted by Crippen LogP contribution is -2.40. The third kappa shape index (κ3) is 3.19. The van der Waals surface area contributed by atoms with Crippen LogP contribution in [-0.4, -0.2) is 18.1 Å². The van der Waals surface area contributed by atoms with Gasteiger partial charge < -0.3 is 4.90 Å². The lowest BCUT2D eigenvalue weighted by atomic mass is 10.2. The van der Waals surface area contributed by atoms with Crippen molar-refractivity contribution in [3.8, 4) is 0 Å². The van der Waals surface area contributed by atoms with Gasteiger partial charge in [-0.15, -0.1) is 0 Å². The predicted octanol–water partition coefficient (Wildman–Crippen LogP) is 2.98. The fourth-order valence-electron chi connectivity index (χ4n) is 1.66. The average molecular weight is 288 g/mol. The Morgan fingerprint density at radius 1 is 1.10 bits per heavy atom. The highest BCUT2D eigenvalue weighted by Gasteiger charge is 2.14. The van der Waals surface area contributed by atoms with Crippen molar-refractivity contribution in [3.05, 3.63) is 66.0 Å². The van der Waals surface area contributed by atoms with Crippen LogP contribution in [0.2, 0.25) is 0 Å². The lowest BCUT2D eigenvalue weighted by Gasteiger charge is -2.20. The molecule has 0 unspecified atom stereocenters. The third-order valence-electron chi connectivity index (χ3n) is 2.79. The van der Waals surface area contributed by atoms with Crippen molar-refractivity contribution in [2.75, 3.05) is 11.9 Å². The Morgan fingerprint density at radius 2 is 1.70 bits per heavy atom. The summed E-state index contributed by atoms with van der Waals surface area (Å²) in [4.78, 5) is 13.6. The molecule has 0 aromatic heterocycles. The maximum Gasteiger partial charge on any atom is 0.260 e. The summed E-state index contributed by atoms with van der Waals surface area (Å²) in [6.07, 6.45) is 0. The highest BCUT2D eigenvalue weighted by Crippen LogP contribution is 2.12. The van der Waals surface area contributed by atoms with Gasteiger partial charge in [-0.25, -0.2) is 4.39 Å². The highest BCUT2D eigenvalue weighted by atomic mass is 32.1. The van der Waals surface area contributed by atoms with E-state index in [4.69, 9.17) is 12.2 Å². The van der Waals surface area contributed by atoms with Gasteiger partial charge in [0.1, 0.15) is 5.82 Å². The third-order valence-corrected chi connectivity index (χ3v) is 3.16. The van der Waals surface area contributed by atoms with Gasteiger partial charge >= 0.3 is 0 Å². The van der Waals surface area contributed by atoms with Gasteiger partial charge in [0.05, 0.1) is 5.56 Å². The molecule has 2 rings (SSSR count). The first-order chi connectivity index (χ1) is 9.59. The number of benzene rings is 2. The van der Waals surface area contributed by atoms with E-state index in [-0.39, 0.29) is 10.7 Å². The van der Waals surface area contributed by atoms with Gasteiger partial charge in [-0.05, 0) is 36.5 Å². The number of hydrogen-bond donors (Lipinski definition) is 1. The number of thiocarbonyl (C=S) groups is 1. The van der Waals surface area contributed by atoms with Gasteiger partial charge in [0.15, 0.2) is 5.11 Å². The van der Waals surface area contributed by atoms with Gasteiger partial charge in [-0.3, -0.25) is 10.1 Å². The van der Waals surface area contributed by atoms with Crippen molar-refractivity contribution in [2.24, 2.45) is 0 Å². The summed E-state index contributed by atoms with van der Waals surface area (Å²) in [6, 6.07) is 15.1. The molecule has 0 bridgehead atoms. The molecular formula is C15H13FN2OS. The minimum atomic E-state index is -0.574. The molecule has 0 radical (unpaired) electrons. The maximum atomic E-state index is 13.5. The van der Waals surface area contributed by atoms with Crippen molar-refractivity contribution < 1.29 is 9.18 Å². The smallest absolute Gasteiger partial charge is 0.260 e. The summed E-state index contributed by atoms with van der Waals surface area (Å²) < 4.78 is 13.5. The summed E-state index contributed by atoms with van der Waals surface area (Å²) in [5.74, 6) is -1.13. The summed E-state index contributed by atoms with van der Waals surface area (Å²) in [6.45, 7) is 0. The molecule has 3 nitrogen and oxygen atoms in total. The van der Waals surface area contributed by atoms with E-state index < -0.39 is 11.7 Å². The van der Waals surface area contributed by atoms with E-state index in [0.717, 1.165) is 5.69 Å². The molecule has 0 fully saturated rings. The predicted molar refractivity (Wildman–Crippen MR) is 81.3 cm³/mol. The average Bonchev–Trinajstić information content (AvgIpc) is 2.47. The summed E-state index contributed by atoms with van der Waals surface area (Å²) in [7, 11) is 1.74. The Balaban J connectivity index is 2.09. The zero-order chi connectivity index (χ0) is 14.5. The summed E-state index contributed by atoms with van der Waals surface area (Å²) in [5, 5.41) is 2.73. The van der Waals surface area contributed by atoms with Crippen molar-refractivity contribution in [1.82, 2.24) is 5.32 Å². The van der Waals surface area contributed by atoms with E-state index in [1.54, 1.807) is 18.0 Å². The van der Waals surface area contributed by atoms with Gasteiger partial charge in [-0.2, -0.15) is 0 Å². The van der Waals surface area contributed by atoms with Crippen molar-refractivity contribution >= 4 is 28.9 Å². The lowest BCUT2D eigenvalue weighted by molar-refractivity contribution is 0.0973. The molecule has 0 aliphatic rings. The molecule has 1 N–H and O–H groups in total. The monoisotopic (exact) mass is 288 g/mol. The van der Waals surface area contributed by atoms with E-state index in [1.807, 2.05) is 30.3 Å². The molecule has 0 aliphatic carbocycles. The molecule has 1 amide bonds. The molecule has 0 spiro atoms. The molecule has 0 saturated heterocycles. The molecule has 0 heterocycles. The molecule has 102 valence electrons. The number of hydrogen-bond acceptors (Lipinski definition) is 2. The number of carbonyl (C=O) groups excluding carboxylic acids is 1. The molecule has 0 atom stereocenters. The van der Waals surface area contributed by atoms with Crippen molar-refractivity contribution in [1.29, 1.82) is 0 Å². The van der Waals surface area contributed by atoms with Gasteiger partial charge in [0.2, 0.25) is 0 Å². The number of anilines is 1. The Hall–Kier alpha value is -2.27. The summed E-state index contributed by atoms with van der Waals surface area (Å²) >= 11 is 5.15. The second kappa shape index (κ2) is 6.25. The number of carbonyl (C=O) groups is 1. The van der Waals surface area contributed by atoms with E-state index in [9.17, 15) is 9.18 Å². The molecule has 2 aromatic carbocycles. The van der Waals surface area contributed by atoms with Gasteiger partial charge in [0, 0.05) is 12.7 Å². The van der Waals surface area contributed by atoms with Crippen LogP contribution in [0.25, 0.3) is 0 Å². The van der Waals surface area contributed by atoms with Gasteiger partial charge in [-0.1, -0.05) is 30.3 Å². The molecule has 0 saturated carbocycles. The Kier molecular flexibility index (Phi) is 4.42. The first-order valence-electron chi connectivity index (χ1n) is 5.98. The zero-order valence-electron chi connectivity index (χ0n) is 10.8. The van der Waals surface area contributed by atoms with Crippen LogP contribution >= 0.6 is 12.2 Å². The second-order valence-corrected chi connectivity index (χ2v) is 4.52.